The minimum Gasteiger partial charge on any atom is -0.744 e. The van der Waals surface area contributed by atoms with E-state index in [9.17, 15) is 25.9 Å². The fourth-order valence-electron chi connectivity index (χ4n) is 14.2. The maximum Gasteiger partial charge on any atom is 2.00 e. The molecule has 0 saturated carbocycles. The fourth-order valence-corrected chi connectivity index (χ4v) is 15.7. The first-order valence-corrected chi connectivity index (χ1v) is 42.8. The minimum absolute atomic E-state index is 0. The molecule has 0 spiro atoms. The van der Waals surface area contributed by atoms with Gasteiger partial charge < -0.3 is 9.11 Å². The van der Waals surface area contributed by atoms with Crippen LogP contribution in [0.2, 0.25) is 0 Å². The van der Waals surface area contributed by atoms with Gasteiger partial charge in [0.05, 0.1) is 9.79 Å². The van der Waals surface area contributed by atoms with Crippen molar-refractivity contribution in [3.8, 4) is 0 Å². The van der Waals surface area contributed by atoms with E-state index in [1.54, 1.807) is 12.1 Å². The summed E-state index contributed by atoms with van der Waals surface area (Å²) < 4.78 is 73.2. The van der Waals surface area contributed by atoms with Crippen LogP contribution in [0.5, 0.6) is 0 Å². The second-order valence-corrected chi connectivity index (χ2v) is 31.2. The summed E-state index contributed by atoms with van der Waals surface area (Å²) >= 11 is 0. The number of unbranched alkanes of at least 4 members (excludes halogenated alkanes) is 52. The molecule has 0 aromatic heterocycles. The van der Waals surface area contributed by atoms with E-state index in [1.807, 2.05) is 36.4 Å². The largest absolute Gasteiger partial charge is 2.00 e. The van der Waals surface area contributed by atoms with Crippen molar-refractivity contribution in [1.82, 2.24) is 0 Å². The van der Waals surface area contributed by atoms with Crippen LogP contribution in [0.3, 0.4) is 0 Å². The molecule has 0 amide bonds. The topological polar surface area (TPSA) is 114 Å². The third kappa shape index (κ3) is 44.5. The summed E-state index contributed by atoms with van der Waals surface area (Å²) in [6.45, 7) is 9.11. The summed E-state index contributed by atoms with van der Waals surface area (Å²) in [6, 6.07) is 19.6. The van der Waals surface area contributed by atoms with Crippen LogP contribution in [0.1, 0.15) is 410 Å². The second-order valence-electron chi connectivity index (χ2n) is 28.5. The summed E-state index contributed by atoms with van der Waals surface area (Å²) in [4.78, 5) is -0.0216. The monoisotopic (exact) mass is 1450 g/mol. The molecule has 4 aromatic rings. The van der Waals surface area contributed by atoms with E-state index in [4.69, 9.17) is 0 Å². The molecule has 0 fully saturated rings. The summed E-state index contributed by atoms with van der Waals surface area (Å²) in [5.74, 6) is 0. The molecule has 0 saturated heterocycles. The molecule has 0 N–H and O–H groups in total. The first-order chi connectivity index (χ1) is 44.9. The van der Waals surface area contributed by atoms with Gasteiger partial charge in [-0.15, -0.1) is 0 Å². The molecule has 0 aliphatic rings. The summed E-state index contributed by atoms with van der Waals surface area (Å²) in [5, 5.41) is 4.01. The van der Waals surface area contributed by atoms with Crippen LogP contribution in [0.15, 0.2) is 70.5 Å². The smallest absolute Gasteiger partial charge is 0.744 e. The zero-order chi connectivity index (χ0) is 66.3. The van der Waals surface area contributed by atoms with Gasteiger partial charge in [-0.05, 0) is 119 Å². The number of hydrogen-bond donors (Lipinski definition) is 0. The van der Waals surface area contributed by atoms with E-state index < -0.39 is 20.2 Å². The van der Waals surface area contributed by atoms with Gasteiger partial charge in [0.1, 0.15) is 20.2 Å². The molecule has 0 atom stereocenters. The Kier molecular flexibility index (Phi) is 56.4. The summed E-state index contributed by atoms with van der Waals surface area (Å²) in [7, 11) is -9.00. The molecule has 93 heavy (non-hydrogen) atoms. The van der Waals surface area contributed by atoms with Gasteiger partial charge >= 0.3 is 48.9 Å². The van der Waals surface area contributed by atoms with E-state index in [0.29, 0.717) is 12.8 Å². The van der Waals surface area contributed by atoms with Crippen LogP contribution >= 0.6 is 0 Å². The molecule has 0 aliphatic carbocycles. The number of aryl methyl sites for hydroxylation is 4. The Morgan fingerprint density at radius 3 is 0.591 bits per heavy atom. The number of fused-ring (bicyclic) bond motifs is 2. The van der Waals surface area contributed by atoms with Gasteiger partial charge in [-0.1, -0.05) is 398 Å². The van der Waals surface area contributed by atoms with Gasteiger partial charge in [0.15, 0.2) is 0 Å². The van der Waals surface area contributed by atoms with Crippen LogP contribution in [0, 0.1) is 0 Å². The van der Waals surface area contributed by atoms with Crippen LogP contribution < -0.4 is 0 Å². The maximum absolute atomic E-state index is 12.2. The molecule has 0 radical (unpaired) electrons. The van der Waals surface area contributed by atoms with E-state index >= 15 is 0 Å². The number of hydrogen-bond acceptors (Lipinski definition) is 6. The average molecular weight is 1450 g/mol. The second kappa shape index (κ2) is 59.6. The van der Waals surface area contributed by atoms with Gasteiger partial charge in [0, 0.05) is 0 Å². The van der Waals surface area contributed by atoms with Crippen molar-refractivity contribution in [3.63, 3.8) is 0 Å². The van der Waals surface area contributed by atoms with Gasteiger partial charge in [-0.2, -0.15) is 0 Å². The zero-order valence-electron chi connectivity index (χ0n) is 61.2. The molecule has 4 rings (SSSR count). The van der Waals surface area contributed by atoms with Crippen LogP contribution in [-0.2, 0) is 45.9 Å². The number of benzene rings is 4. The molecule has 0 aliphatic heterocycles. The van der Waals surface area contributed by atoms with Crippen molar-refractivity contribution < 1.29 is 25.9 Å². The Morgan fingerprint density at radius 1 is 0.237 bits per heavy atom. The van der Waals surface area contributed by atoms with Crippen molar-refractivity contribution >= 4 is 90.7 Å². The molecule has 9 heteroatoms. The van der Waals surface area contributed by atoms with Crippen molar-refractivity contribution in [2.75, 3.05) is 0 Å². The van der Waals surface area contributed by atoms with Gasteiger partial charge in [0.2, 0.25) is 0 Å². The normalized spacial score (nSPS) is 11.8. The first-order valence-electron chi connectivity index (χ1n) is 39.9. The van der Waals surface area contributed by atoms with Crippen molar-refractivity contribution in [2.24, 2.45) is 0 Å². The molecule has 6 nitrogen and oxygen atoms in total. The molecule has 0 unspecified atom stereocenters. The third-order valence-electron chi connectivity index (χ3n) is 20.0. The van der Waals surface area contributed by atoms with E-state index in [0.717, 1.165) is 84.0 Å². The molecule has 528 valence electrons. The number of rotatable bonds is 62. The van der Waals surface area contributed by atoms with Gasteiger partial charge in [0.25, 0.3) is 0 Å². The van der Waals surface area contributed by atoms with Gasteiger partial charge in [-0.25, -0.2) is 16.8 Å². The zero-order valence-corrected chi connectivity index (χ0v) is 67.2. The Balaban J connectivity index is 0.000000627. The Labute approximate surface area is 616 Å². The molecule has 0 heterocycles. The van der Waals surface area contributed by atoms with Gasteiger partial charge in [-0.3, -0.25) is 0 Å². The van der Waals surface area contributed by atoms with Crippen molar-refractivity contribution in [3.05, 3.63) is 82.9 Å². The van der Waals surface area contributed by atoms with Crippen LogP contribution in [0.25, 0.3) is 21.5 Å². The first kappa shape index (κ1) is 87.9. The van der Waals surface area contributed by atoms with Crippen molar-refractivity contribution in [1.29, 1.82) is 0 Å². The summed E-state index contributed by atoms with van der Waals surface area (Å²) in [5.41, 5.74) is 4.01. The standard InChI is InChI=1S/2C42H72O3S.Ba/c2*1-3-5-7-9-11-13-15-17-19-21-23-25-27-29-32-38-34-31-35-39-37-42(46(43,44)45)40(36-41(38)39)33-30-28-26-24-22-20-18-16-14-12-10-8-6-4-2;/h2*31,34-37H,3-30,32-33H2,1-2H3,(H,43,44,45);/q;;+2/p-2. The minimum atomic E-state index is -4.50. The van der Waals surface area contributed by atoms with Crippen LogP contribution in [-0.4, -0.2) is 74.8 Å². The Hall–Kier alpha value is -1.21. The Morgan fingerprint density at radius 2 is 0.409 bits per heavy atom. The maximum atomic E-state index is 12.2. The Bertz CT molecular complexity index is 2430. The SMILES string of the molecule is CCCCCCCCCCCCCCCCc1cc2c(CCCCCCCCCCCCCCCC)cccc2cc1S(=O)(=O)[O-].CCCCCCCCCCCCCCCCc1cc2c(CCCCCCCCCCCCCCCC)cccc2cc1S(=O)(=O)[O-].[Ba+2]. The van der Waals surface area contributed by atoms with E-state index in [1.165, 1.54) is 332 Å². The summed E-state index contributed by atoms with van der Waals surface area (Å²) in [6.07, 6.45) is 77.6. The van der Waals surface area contributed by atoms with Crippen LogP contribution in [0.4, 0.5) is 0 Å². The quantitative estimate of drug-likeness (QED) is 0.0247. The molecule has 4 aromatic carbocycles. The predicted octanol–water partition coefficient (Wildman–Crippen LogP) is 27.2. The predicted molar refractivity (Wildman–Crippen MR) is 406 cm³/mol. The van der Waals surface area contributed by atoms with E-state index in [-0.39, 0.29) is 58.7 Å². The average Bonchev–Trinajstić information content (AvgIpc) is 0.807. The van der Waals surface area contributed by atoms with Crippen molar-refractivity contribution in [2.45, 2.75) is 423 Å². The molecular formula is C84H142BaO6S2. The molecule has 0 bridgehead atoms. The van der Waals surface area contributed by atoms with E-state index in [2.05, 4.69) is 39.8 Å². The third-order valence-corrected chi connectivity index (χ3v) is 21.9. The molecular weight excluding hydrogens is 1310 g/mol. The fraction of sp³-hybridized carbons (Fsp3) is 0.762.